The van der Waals surface area contributed by atoms with Crippen molar-refractivity contribution in [1.29, 1.82) is 5.26 Å². The maximum Gasteiger partial charge on any atom is 0.126 e. The lowest BCUT2D eigenvalue weighted by molar-refractivity contribution is 0.638. The first-order chi connectivity index (χ1) is 9.26. The number of H-pyrrole nitrogens is 1. The van der Waals surface area contributed by atoms with E-state index in [1.54, 1.807) is 0 Å². The van der Waals surface area contributed by atoms with E-state index in [0.29, 0.717) is 0 Å². The van der Waals surface area contributed by atoms with Gasteiger partial charge in [0.1, 0.15) is 11.2 Å². The zero-order valence-electron chi connectivity index (χ0n) is 13.0. The van der Waals surface area contributed by atoms with Gasteiger partial charge in [0.05, 0.1) is 11.8 Å². The van der Waals surface area contributed by atoms with E-state index in [1.165, 1.54) is 22.3 Å². The largest absolute Gasteiger partial charge is 0.344 e. The lowest BCUT2D eigenvalue weighted by Crippen LogP contribution is -2.15. The molecule has 0 spiro atoms. The van der Waals surface area contributed by atoms with E-state index in [4.69, 9.17) is 4.98 Å². The van der Waals surface area contributed by atoms with Crippen LogP contribution in [-0.4, -0.2) is 9.97 Å². The molecule has 0 saturated carbocycles. The minimum absolute atomic E-state index is 0.602. The van der Waals surface area contributed by atoms with Gasteiger partial charge >= 0.3 is 0 Å². The number of benzene rings is 1. The molecule has 2 aromatic rings. The molecule has 0 aliphatic heterocycles. The summed E-state index contributed by atoms with van der Waals surface area (Å²) in [6, 6.07) is 6.64. The molecule has 1 aromatic carbocycles. The number of nitrogens with one attached hydrogen (secondary N) is 1. The summed E-state index contributed by atoms with van der Waals surface area (Å²) < 4.78 is 0. The van der Waals surface area contributed by atoms with Gasteiger partial charge in [-0.15, -0.1) is 0 Å². The molecule has 0 bridgehead atoms. The smallest absolute Gasteiger partial charge is 0.126 e. The van der Waals surface area contributed by atoms with Crippen LogP contribution in [0.15, 0.2) is 12.1 Å². The van der Waals surface area contributed by atoms with Gasteiger partial charge in [-0.1, -0.05) is 17.7 Å². The van der Waals surface area contributed by atoms with Crippen molar-refractivity contribution in [1.82, 2.24) is 9.97 Å². The van der Waals surface area contributed by atoms with Crippen molar-refractivity contribution in [3.8, 4) is 17.3 Å². The molecule has 0 aliphatic carbocycles. The van der Waals surface area contributed by atoms with Crippen LogP contribution in [0.5, 0.6) is 0 Å². The highest BCUT2D eigenvalue weighted by Crippen LogP contribution is 2.31. The monoisotopic (exact) mass is 267 g/mol. The number of hydrogen-bond donors (Lipinski definition) is 1. The van der Waals surface area contributed by atoms with Crippen molar-refractivity contribution in [2.24, 2.45) is 0 Å². The number of aromatic nitrogens is 2. The summed E-state index contributed by atoms with van der Waals surface area (Å²) in [4.78, 5) is 7.97. The van der Waals surface area contributed by atoms with Gasteiger partial charge in [0, 0.05) is 11.3 Å². The molecule has 0 unspecified atom stereocenters. The number of aromatic amines is 1. The fraction of sp³-hybridized carbons (Fsp3) is 0.412. The summed E-state index contributed by atoms with van der Waals surface area (Å²) in [5, 5.41) is 9.25. The first kappa shape index (κ1) is 14.3. The molecular formula is C17H21N3. The second kappa shape index (κ2) is 4.79. The third-order valence-corrected chi connectivity index (χ3v) is 3.67. The molecule has 3 nitrogen and oxygen atoms in total. The number of imidazole rings is 1. The van der Waals surface area contributed by atoms with Gasteiger partial charge in [-0.2, -0.15) is 5.26 Å². The van der Waals surface area contributed by atoms with Crippen molar-refractivity contribution in [3.05, 3.63) is 40.3 Å². The molecule has 0 aliphatic rings. The molecule has 0 radical (unpaired) electrons. The lowest BCUT2D eigenvalue weighted by atomic mass is 9.95. The van der Waals surface area contributed by atoms with E-state index in [2.05, 4.69) is 44.0 Å². The molecular weight excluding hydrogens is 246 g/mol. The Balaban J connectivity index is 2.64. The van der Waals surface area contributed by atoms with Crippen LogP contribution in [0.1, 0.15) is 42.1 Å². The Bertz CT molecular complexity index is 677. The van der Waals surface area contributed by atoms with Gasteiger partial charge in [0.2, 0.25) is 0 Å². The van der Waals surface area contributed by atoms with Gasteiger partial charge in [-0.3, -0.25) is 0 Å². The molecule has 3 heteroatoms. The predicted octanol–water partition coefficient (Wildman–Crippen LogP) is 4.11. The van der Waals surface area contributed by atoms with E-state index in [1.807, 2.05) is 20.8 Å². The second-order valence-corrected chi connectivity index (χ2v) is 6.07. The van der Waals surface area contributed by atoms with E-state index >= 15 is 0 Å². The quantitative estimate of drug-likeness (QED) is 0.890. The Morgan fingerprint density at radius 3 is 2.15 bits per heavy atom. The molecule has 0 atom stereocenters. The number of aryl methyl sites for hydroxylation is 4. The van der Waals surface area contributed by atoms with E-state index < -0.39 is 5.41 Å². The van der Waals surface area contributed by atoms with Crippen LogP contribution in [0.3, 0.4) is 0 Å². The molecule has 0 saturated heterocycles. The molecule has 20 heavy (non-hydrogen) atoms. The molecule has 1 N–H and O–H groups in total. The predicted molar refractivity (Wildman–Crippen MR) is 81.6 cm³/mol. The fourth-order valence-corrected chi connectivity index (χ4v) is 2.61. The van der Waals surface area contributed by atoms with Crippen LogP contribution in [0.4, 0.5) is 0 Å². The maximum atomic E-state index is 9.25. The summed E-state index contributed by atoms with van der Waals surface area (Å²) in [6.45, 7) is 12.1. The van der Waals surface area contributed by atoms with Crippen LogP contribution < -0.4 is 0 Å². The first-order valence-electron chi connectivity index (χ1n) is 6.83. The normalized spacial score (nSPS) is 11.4. The van der Waals surface area contributed by atoms with Crippen LogP contribution in [0, 0.1) is 39.0 Å². The number of rotatable bonds is 2. The molecule has 0 fully saturated rings. The highest BCUT2D eigenvalue weighted by atomic mass is 15.0. The Kier molecular flexibility index (Phi) is 3.43. The molecule has 1 heterocycles. The number of nitrogens with zero attached hydrogens (tertiary/aromatic N) is 2. The summed E-state index contributed by atoms with van der Waals surface area (Å²) in [7, 11) is 0. The van der Waals surface area contributed by atoms with E-state index in [-0.39, 0.29) is 0 Å². The van der Waals surface area contributed by atoms with Crippen LogP contribution in [-0.2, 0) is 5.41 Å². The van der Waals surface area contributed by atoms with Gasteiger partial charge in [-0.25, -0.2) is 4.98 Å². The van der Waals surface area contributed by atoms with Crippen LogP contribution in [0.25, 0.3) is 11.3 Å². The molecule has 1 aromatic heterocycles. The van der Waals surface area contributed by atoms with Crippen molar-refractivity contribution in [2.75, 3.05) is 0 Å². The third-order valence-electron chi connectivity index (χ3n) is 3.67. The second-order valence-electron chi connectivity index (χ2n) is 6.07. The lowest BCUT2D eigenvalue weighted by Gasteiger charge is -2.11. The zero-order chi connectivity index (χ0) is 15.1. The Hall–Kier alpha value is -2.08. The Morgan fingerprint density at radius 2 is 1.65 bits per heavy atom. The highest BCUT2D eigenvalue weighted by molar-refractivity contribution is 5.70. The zero-order valence-corrected chi connectivity index (χ0v) is 13.0. The fourth-order valence-electron chi connectivity index (χ4n) is 2.61. The van der Waals surface area contributed by atoms with Crippen molar-refractivity contribution < 1.29 is 0 Å². The van der Waals surface area contributed by atoms with E-state index in [0.717, 1.165) is 17.2 Å². The molecule has 0 amide bonds. The minimum Gasteiger partial charge on any atom is -0.344 e. The maximum absolute atomic E-state index is 9.25. The summed E-state index contributed by atoms with van der Waals surface area (Å²) in [5.74, 6) is 0.729. The standard InChI is InChI=1S/C17H21N3/c1-10-7-11(2)14(12(3)8-10)15-13(4)19-16(20-15)17(5,6)9-18/h7-8H,1-6H3,(H,19,20). The Labute approximate surface area is 120 Å². The van der Waals surface area contributed by atoms with Crippen LogP contribution in [0.2, 0.25) is 0 Å². The number of nitriles is 1. The Morgan fingerprint density at radius 1 is 1.10 bits per heavy atom. The highest BCUT2D eigenvalue weighted by Gasteiger charge is 2.25. The van der Waals surface area contributed by atoms with Crippen molar-refractivity contribution in [3.63, 3.8) is 0 Å². The van der Waals surface area contributed by atoms with Gasteiger partial charge < -0.3 is 4.98 Å². The summed E-state index contributed by atoms with van der Waals surface area (Å²) in [5.41, 5.74) is 6.24. The topological polar surface area (TPSA) is 52.5 Å². The number of hydrogen-bond acceptors (Lipinski definition) is 2. The van der Waals surface area contributed by atoms with E-state index in [9.17, 15) is 5.26 Å². The SMILES string of the molecule is Cc1cc(C)c(-c2nc(C(C)(C)C#N)[nH]c2C)c(C)c1. The minimum atomic E-state index is -0.602. The molecule has 104 valence electrons. The molecule has 2 rings (SSSR count). The van der Waals surface area contributed by atoms with Crippen molar-refractivity contribution in [2.45, 2.75) is 47.0 Å². The summed E-state index contributed by atoms with van der Waals surface area (Å²) in [6.07, 6.45) is 0. The van der Waals surface area contributed by atoms with Gasteiger partial charge in [0.25, 0.3) is 0 Å². The third kappa shape index (κ3) is 2.34. The van der Waals surface area contributed by atoms with Gasteiger partial charge in [0.15, 0.2) is 0 Å². The van der Waals surface area contributed by atoms with Crippen LogP contribution >= 0.6 is 0 Å². The van der Waals surface area contributed by atoms with Gasteiger partial charge in [-0.05, 0) is 52.7 Å². The van der Waals surface area contributed by atoms with Crippen molar-refractivity contribution >= 4 is 0 Å². The average molecular weight is 267 g/mol. The average Bonchev–Trinajstić information content (AvgIpc) is 2.71. The summed E-state index contributed by atoms with van der Waals surface area (Å²) >= 11 is 0. The first-order valence-corrected chi connectivity index (χ1v) is 6.83.